The molecule has 4 unspecified atom stereocenters. The lowest BCUT2D eigenvalue weighted by Gasteiger charge is -2.32. The number of allylic oxidation sites excluding steroid dienone is 6. The van der Waals surface area contributed by atoms with Crippen LogP contribution in [-0.2, 0) is 16.0 Å². The maximum absolute atomic E-state index is 13.3. The molecular formula is C32H40N2O2. The topological polar surface area (TPSA) is 58.2 Å². The van der Waals surface area contributed by atoms with E-state index in [4.69, 9.17) is 0 Å². The Bertz CT molecular complexity index is 1270. The van der Waals surface area contributed by atoms with E-state index in [1.165, 1.54) is 16.7 Å². The SMILES string of the molecule is CCc1ccc(C)c(C2C=C3C(=CC2CC)NC(=O)/C3=C\C2=C(C)C(C(=O)NC)=C(C)C(C)C2C)c1. The Hall–Kier alpha value is -3.14. The van der Waals surface area contributed by atoms with Gasteiger partial charge in [0.2, 0.25) is 0 Å². The second-order valence-corrected chi connectivity index (χ2v) is 10.6. The fourth-order valence-electron chi connectivity index (χ4n) is 6.08. The largest absolute Gasteiger partial charge is 0.355 e. The van der Waals surface area contributed by atoms with E-state index in [2.05, 4.69) is 75.6 Å². The van der Waals surface area contributed by atoms with Crippen LogP contribution in [0.4, 0.5) is 0 Å². The maximum atomic E-state index is 13.3. The highest BCUT2D eigenvalue weighted by atomic mass is 16.2. The van der Waals surface area contributed by atoms with Gasteiger partial charge in [0, 0.05) is 35.4 Å². The zero-order chi connectivity index (χ0) is 26.3. The van der Waals surface area contributed by atoms with Crippen LogP contribution in [0.2, 0.25) is 0 Å². The monoisotopic (exact) mass is 484 g/mol. The lowest BCUT2D eigenvalue weighted by molar-refractivity contribution is -0.117. The zero-order valence-corrected chi connectivity index (χ0v) is 23.0. The van der Waals surface area contributed by atoms with Gasteiger partial charge in [0.15, 0.2) is 0 Å². The molecule has 2 N–H and O–H groups in total. The first kappa shape index (κ1) is 25.9. The molecule has 4 heteroatoms. The fraction of sp³-hybridized carbons (Fsp3) is 0.438. The smallest absolute Gasteiger partial charge is 0.256 e. The minimum Gasteiger partial charge on any atom is -0.355 e. The minimum atomic E-state index is -0.0647. The van der Waals surface area contributed by atoms with Crippen molar-refractivity contribution < 1.29 is 9.59 Å². The molecule has 1 aromatic carbocycles. The molecule has 1 heterocycles. The van der Waals surface area contributed by atoms with Crippen LogP contribution >= 0.6 is 0 Å². The molecular weight excluding hydrogens is 444 g/mol. The van der Waals surface area contributed by atoms with E-state index in [9.17, 15) is 9.59 Å². The Balaban J connectivity index is 1.86. The Morgan fingerprint density at radius 2 is 1.81 bits per heavy atom. The van der Waals surface area contributed by atoms with Crippen molar-refractivity contribution in [3.63, 3.8) is 0 Å². The Morgan fingerprint density at radius 1 is 1.08 bits per heavy atom. The lowest BCUT2D eigenvalue weighted by atomic mass is 9.72. The molecule has 0 saturated carbocycles. The second-order valence-electron chi connectivity index (χ2n) is 10.6. The standard InChI is InChI=1S/C32H40N2O2/c1-9-22-12-11-17(3)24(13-22)26-16-27-28(31(35)34-29(27)14-23(26)10-2)15-25-19(5)18(4)20(6)30(21(25)7)32(36)33-8/h11-16,18-19,23,26H,9-10H2,1-8H3,(H,33,36)(H,34,35)/b28-15-. The molecule has 4 atom stereocenters. The van der Waals surface area contributed by atoms with Crippen molar-refractivity contribution in [2.45, 2.75) is 67.2 Å². The molecule has 2 aliphatic carbocycles. The summed E-state index contributed by atoms with van der Waals surface area (Å²) in [5, 5.41) is 5.93. The van der Waals surface area contributed by atoms with Crippen LogP contribution in [0, 0.1) is 24.7 Å². The van der Waals surface area contributed by atoms with Crippen LogP contribution in [0.15, 0.2) is 75.6 Å². The molecule has 1 aliphatic heterocycles. The number of rotatable bonds is 5. The highest BCUT2D eigenvalue weighted by Crippen LogP contribution is 2.44. The quantitative estimate of drug-likeness (QED) is 0.488. The average Bonchev–Trinajstić information content (AvgIpc) is 3.18. The van der Waals surface area contributed by atoms with Gasteiger partial charge < -0.3 is 10.6 Å². The predicted octanol–water partition coefficient (Wildman–Crippen LogP) is 6.21. The fourth-order valence-corrected chi connectivity index (χ4v) is 6.08. The number of benzene rings is 1. The molecule has 3 aliphatic rings. The summed E-state index contributed by atoms with van der Waals surface area (Å²) in [6.45, 7) is 15.0. The summed E-state index contributed by atoms with van der Waals surface area (Å²) < 4.78 is 0. The summed E-state index contributed by atoms with van der Waals surface area (Å²) in [5.41, 5.74) is 10.5. The Labute approximate surface area is 216 Å². The first-order valence-corrected chi connectivity index (χ1v) is 13.3. The van der Waals surface area contributed by atoms with E-state index in [0.29, 0.717) is 11.5 Å². The van der Waals surface area contributed by atoms with Crippen molar-refractivity contribution in [2.75, 3.05) is 7.05 Å². The third-order valence-corrected chi connectivity index (χ3v) is 8.72. The molecule has 0 radical (unpaired) electrons. The number of hydrogen-bond acceptors (Lipinski definition) is 2. The van der Waals surface area contributed by atoms with Gasteiger partial charge in [-0.15, -0.1) is 0 Å². The molecule has 0 aromatic heterocycles. The molecule has 4 nitrogen and oxygen atoms in total. The van der Waals surface area contributed by atoms with Gasteiger partial charge in [-0.25, -0.2) is 0 Å². The molecule has 190 valence electrons. The van der Waals surface area contributed by atoms with Gasteiger partial charge in [-0.1, -0.05) is 63.6 Å². The van der Waals surface area contributed by atoms with Gasteiger partial charge in [0.1, 0.15) is 0 Å². The summed E-state index contributed by atoms with van der Waals surface area (Å²) >= 11 is 0. The maximum Gasteiger partial charge on any atom is 0.256 e. The first-order chi connectivity index (χ1) is 17.1. The lowest BCUT2D eigenvalue weighted by Crippen LogP contribution is -2.28. The molecule has 1 fully saturated rings. The van der Waals surface area contributed by atoms with Gasteiger partial charge >= 0.3 is 0 Å². The van der Waals surface area contributed by atoms with Gasteiger partial charge in [-0.2, -0.15) is 0 Å². The van der Waals surface area contributed by atoms with Gasteiger partial charge in [-0.05, 0) is 85.3 Å². The molecule has 1 saturated heterocycles. The van der Waals surface area contributed by atoms with Crippen LogP contribution in [0.5, 0.6) is 0 Å². The van der Waals surface area contributed by atoms with Crippen LogP contribution < -0.4 is 10.6 Å². The van der Waals surface area contributed by atoms with E-state index >= 15 is 0 Å². The van der Waals surface area contributed by atoms with Crippen molar-refractivity contribution in [2.24, 2.45) is 17.8 Å². The number of hydrogen-bond donors (Lipinski definition) is 2. The van der Waals surface area contributed by atoms with Gasteiger partial charge in [0.25, 0.3) is 11.8 Å². The Kier molecular flexibility index (Phi) is 7.26. The van der Waals surface area contributed by atoms with Crippen LogP contribution in [0.25, 0.3) is 0 Å². The second kappa shape index (κ2) is 10.1. The number of carbonyl (C=O) groups excluding carboxylic acids is 2. The summed E-state index contributed by atoms with van der Waals surface area (Å²) in [5.74, 6) is 0.843. The van der Waals surface area contributed by atoms with E-state index < -0.39 is 0 Å². The van der Waals surface area contributed by atoms with E-state index in [-0.39, 0.29) is 29.6 Å². The number of likely N-dealkylation sites (N-methyl/N-ethyl adjacent to an activating group) is 1. The zero-order valence-electron chi connectivity index (χ0n) is 23.0. The number of aryl methyl sites for hydroxylation is 2. The number of amides is 2. The number of nitrogens with one attached hydrogen (secondary N) is 2. The number of fused-ring (bicyclic) bond motifs is 1. The highest BCUT2D eigenvalue weighted by Gasteiger charge is 2.36. The summed E-state index contributed by atoms with van der Waals surface area (Å²) in [6.07, 6.45) is 8.62. The highest BCUT2D eigenvalue weighted by molar-refractivity contribution is 6.06. The van der Waals surface area contributed by atoms with Crippen molar-refractivity contribution in [1.82, 2.24) is 10.6 Å². The molecule has 1 aromatic rings. The normalized spacial score (nSPS) is 27.1. The molecule has 4 rings (SSSR count). The summed E-state index contributed by atoms with van der Waals surface area (Å²) in [6, 6.07) is 6.78. The van der Waals surface area contributed by atoms with E-state index in [1.54, 1.807) is 7.05 Å². The minimum absolute atomic E-state index is 0.0602. The van der Waals surface area contributed by atoms with Gasteiger partial charge in [0.05, 0.1) is 0 Å². The van der Waals surface area contributed by atoms with Crippen molar-refractivity contribution in [3.05, 3.63) is 92.3 Å². The molecule has 0 bridgehead atoms. The van der Waals surface area contributed by atoms with E-state index in [1.807, 2.05) is 19.9 Å². The van der Waals surface area contributed by atoms with Crippen LogP contribution in [-0.4, -0.2) is 18.9 Å². The van der Waals surface area contributed by atoms with Gasteiger partial charge in [-0.3, -0.25) is 9.59 Å². The number of carbonyl (C=O) groups is 2. The van der Waals surface area contributed by atoms with E-state index in [0.717, 1.165) is 46.4 Å². The van der Waals surface area contributed by atoms with Crippen molar-refractivity contribution in [3.8, 4) is 0 Å². The molecule has 2 amide bonds. The van der Waals surface area contributed by atoms with Crippen LogP contribution in [0.1, 0.15) is 70.6 Å². The van der Waals surface area contributed by atoms with Crippen molar-refractivity contribution in [1.29, 1.82) is 0 Å². The molecule has 36 heavy (non-hydrogen) atoms. The molecule has 0 spiro atoms. The predicted molar refractivity (Wildman–Crippen MR) is 147 cm³/mol. The van der Waals surface area contributed by atoms with Crippen molar-refractivity contribution >= 4 is 11.8 Å². The summed E-state index contributed by atoms with van der Waals surface area (Å²) in [7, 11) is 1.67. The first-order valence-electron chi connectivity index (χ1n) is 13.3. The average molecular weight is 485 g/mol. The van der Waals surface area contributed by atoms with Crippen LogP contribution in [0.3, 0.4) is 0 Å². The summed E-state index contributed by atoms with van der Waals surface area (Å²) in [4.78, 5) is 26.0. The Morgan fingerprint density at radius 3 is 2.44 bits per heavy atom. The third-order valence-electron chi connectivity index (χ3n) is 8.72. The third kappa shape index (κ3) is 4.31.